The van der Waals surface area contributed by atoms with Crippen LogP contribution in [-0.2, 0) is 0 Å². The number of aromatic nitrogens is 2. The average Bonchev–Trinajstić information content (AvgIpc) is 2.32. The van der Waals surface area contributed by atoms with Gasteiger partial charge < -0.3 is 0 Å². The third-order valence-electron chi connectivity index (χ3n) is 1.81. The van der Waals surface area contributed by atoms with Crippen molar-refractivity contribution in [3.8, 4) is 0 Å². The molecule has 0 bridgehead atoms. The first kappa shape index (κ1) is 9.04. The van der Waals surface area contributed by atoms with Crippen LogP contribution in [0.25, 0.3) is 12.2 Å². The molecule has 1 aromatic heterocycles. The van der Waals surface area contributed by atoms with E-state index in [-0.39, 0.29) is 0 Å². The molecule has 1 heterocycles. The minimum atomic E-state index is 0.569. The summed E-state index contributed by atoms with van der Waals surface area (Å²) >= 11 is 0. The molecule has 0 atom stereocenters. The molecular weight excluding hydrogens is 148 g/mol. The maximum atomic E-state index is 4.15. The lowest BCUT2D eigenvalue weighted by Gasteiger charge is -1.91. The second kappa shape index (κ2) is 3.57. The van der Waals surface area contributed by atoms with Gasteiger partial charge in [-0.2, -0.15) is 5.10 Å². The van der Waals surface area contributed by atoms with Crippen LogP contribution in [0, 0.1) is 12.8 Å². The number of nitrogens with one attached hydrogen (secondary N) is 1. The van der Waals surface area contributed by atoms with Crippen molar-refractivity contribution in [3.63, 3.8) is 0 Å². The highest BCUT2D eigenvalue weighted by Crippen LogP contribution is 1.91. The molecule has 1 rings (SSSR count). The van der Waals surface area contributed by atoms with Crippen LogP contribution in [0.1, 0.15) is 26.5 Å². The normalized spacial score (nSPS) is 14.8. The second-order valence-corrected chi connectivity index (χ2v) is 3.34. The molecule has 66 valence electrons. The summed E-state index contributed by atoms with van der Waals surface area (Å²) in [5.41, 5.74) is 1.08. The van der Waals surface area contributed by atoms with Crippen LogP contribution < -0.4 is 10.6 Å². The van der Waals surface area contributed by atoms with Gasteiger partial charge in [-0.25, -0.2) is 0 Å². The second-order valence-electron chi connectivity index (χ2n) is 3.34. The maximum Gasteiger partial charge on any atom is 0.0666 e. The molecule has 0 amide bonds. The first-order chi connectivity index (χ1) is 5.65. The number of hydrogen-bond donors (Lipinski definition) is 1. The number of rotatable bonds is 1. The first-order valence-corrected chi connectivity index (χ1v) is 4.34. The summed E-state index contributed by atoms with van der Waals surface area (Å²) in [7, 11) is 0. The van der Waals surface area contributed by atoms with E-state index in [0.717, 1.165) is 11.0 Å². The molecule has 0 aliphatic carbocycles. The van der Waals surface area contributed by atoms with Gasteiger partial charge in [-0.15, -0.1) is 0 Å². The van der Waals surface area contributed by atoms with Gasteiger partial charge in [-0.3, -0.25) is 5.10 Å². The van der Waals surface area contributed by atoms with Crippen LogP contribution in [0.3, 0.4) is 0 Å². The Bertz CT molecular complexity index is 358. The van der Waals surface area contributed by atoms with Gasteiger partial charge in [-0.05, 0) is 19.8 Å². The summed E-state index contributed by atoms with van der Waals surface area (Å²) in [6, 6.07) is 0. The predicted octanol–water partition coefficient (Wildman–Crippen LogP) is 0.955. The van der Waals surface area contributed by atoms with Gasteiger partial charge in [0.1, 0.15) is 0 Å². The minimum absolute atomic E-state index is 0.569. The summed E-state index contributed by atoms with van der Waals surface area (Å²) in [6.45, 7) is 8.39. The SMILES string of the molecule is C/C=c1/[nH]nc(C)/c1=C/C(C)C. The lowest BCUT2D eigenvalue weighted by molar-refractivity contribution is 0.879. The lowest BCUT2D eigenvalue weighted by atomic mass is 10.1. The smallest absolute Gasteiger partial charge is 0.0666 e. The van der Waals surface area contributed by atoms with E-state index < -0.39 is 0 Å². The van der Waals surface area contributed by atoms with E-state index in [1.807, 2.05) is 19.9 Å². The standard InChI is InChI=1S/C10H16N2/c1-5-10-9(6-7(2)3)8(4)11-12-10/h5-7,12H,1-4H3/b9-6-,10-5+. The average molecular weight is 164 g/mol. The molecule has 2 heteroatoms. The molecule has 12 heavy (non-hydrogen) atoms. The highest BCUT2D eigenvalue weighted by molar-refractivity contribution is 5.30. The Balaban J connectivity index is 3.39. The molecule has 0 aliphatic rings. The number of nitrogens with zero attached hydrogens (tertiary/aromatic N) is 1. The molecule has 1 aromatic rings. The molecule has 2 nitrogen and oxygen atoms in total. The van der Waals surface area contributed by atoms with Crippen molar-refractivity contribution >= 4 is 12.2 Å². The molecule has 0 aliphatic heterocycles. The first-order valence-electron chi connectivity index (χ1n) is 4.34. The number of aromatic amines is 1. The molecule has 0 fully saturated rings. The molecule has 0 unspecified atom stereocenters. The summed E-state index contributed by atoms with van der Waals surface area (Å²) in [5, 5.41) is 9.51. The third-order valence-corrected chi connectivity index (χ3v) is 1.81. The quantitative estimate of drug-likeness (QED) is 0.658. The summed E-state index contributed by atoms with van der Waals surface area (Å²) in [4.78, 5) is 0. The zero-order chi connectivity index (χ0) is 9.14. The molecule has 0 spiro atoms. The molecule has 0 saturated heterocycles. The molecular formula is C10H16N2. The van der Waals surface area contributed by atoms with Crippen molar-refractivity contribution < 1.29 is 0 Å². The van der Waals surface area contributed by atoms with Crippen LogP contribution in [-0.4, -0.2) is 10.2 Å². The largest absolute Gasteiger partial charge is 0.278 e. The topological polar surface area (TPSA) is 28.7 Å². The fraction of sp³-hybridized carbons (Fsp3) is 0.500. The van der Waals surface area contributed by atoms with E-state index in [2.05, 4.69) is 30.1 Å². The van der Waals surface area contributed by atoms with Crippen molar-refractivity contribution in [1.82, 2.24) is 10.2 Å². The van der Waals surface area contributed by atoms with E-state index in [1.54, 1.807) is 0 Å². The van der Waals surface area contributed by atoms with Gasteiger partial charge in [0.2, 0.25) is 0 Å². The fourth-order valence-electron chi connectivity index (χ4n) is 1.22. The van der Waals surface area contributed by atoms with Crippen LogP contribution in [0.5, 0.6) is 0 Å². The number of H-pyrrole nitrogens is 1. The van der Waals surface area contributed by atoms with Crippen LogP contribution in [0.4, 0.5) is 0 Å². The van der Waals surface area contributed by atoms with E-state index in [1.165, 1.54) is 5.22 Å². The molecule has 0 aromatic carbocycles. The van der Waals surface area contributed by atoms with Crippen LogP contribution >= 0.6 is 0 Å². The van der Waals surface area contributed by atoms with Gasteiger partial charge in [0, 0.05) is 5.22 Å². The lowest BCUT2D eigenvalue weighted by Crippen LogP contribution is -2.24. The molecule has 0 saturated carbocycles. The fourth-order valence-corrected chi connectivity index (χ4v) is 1.22. The summed E-state index contributed by atoms with van der Waals surface area (Å²) in [5.74, 6) is 0.569. The zero-order valence-electron chi connectivity index (χ0n) is 8.18. The van der Waals surface area contributed by atoms with Gasteiger partial charge in [0.25, 0.3) is 0 Å². The van der Waals surface area contributed by atoms with E-state index in [0.29, 0.717) is 5.92 Å². The Labute approximate surface area is 73.0 Å². The monoisotopic (exact) mass is 164 g/mol. The molecule has 1 N–H and O–H groups in total. The number of hydrogen-bond acceptors (Lipinski definition) is 1. The van der Waals surface area contributed by atoms with Crippen molar-refractivity contribution in [2.75, 3.05) is 0 Å². The number of aryl methyl sites for hydroxylation is 1. The van der Waals surface area contributed by atoms with E-state index in [9.17, 15) is 0 Å². The third kappa shape index (κ3) is 1.76. The van der Waals surface area contributed by atoms with E-state index >= 15 is 0 Å². The van der Waals surface area contributed by atoms with Gasteiger partial charge in [-0.1, -0.05) is 26.0 Å². The molecule has 0 radical (unpaired) electrons. The van der Waals surface area contributed by atoms with Crippen LogP contribution in [0.15, 0.2) is 0 Å². The van der Waals surface area contributed by atoms with Crippen molar-refractivity contribution in [1.29, 1.82) is 0 Å². The van der Waals surface area contributed by atoms with E-state index in [4.69, 9.17) is 0 Å². The Morgan fingerprint density at radius 3 is 2.58 bits per heavy atom. The van der Waals surface area contributed by atoms with Crippen molar-refractivity contribution in [2.45, 2.75) is 27.7 Å². The minimum Gasteiger partial charge on any atom is -0.278 e. The zero-order valence-corrected chi connectivity index (χ0v) is 8.18. The van der Waals surface area contributed by atoms with Gasteiger partial charge in [0.15, 0.2) is 0 Å². The highest BCUT2D eigenvalue weighted by Gasteiger charge is 1.94. The Morgan fingerprint density at radius 1 is 1.42 bits per heavy atom. The van der Waals surface area contributed by atoms with Crippen molar-refractivity contribution in [3.05, 3.63) is 16.3 Å². The van der Waals surface area contributed by atoms with Crippen LogP contribution in [0.2, 0.25) is 0 Å². The Morgan fingerprint density at radius 2 is 2.08 bits per heavy atom. The highest BCUT2D eigenvalue weighted by atomic mass is 15.1. The summed E-state index contributed by atoms with van der Waals surface area (Å²) < 4.78 is 0. The van der Waals surface area contributed by atoms with Crippen molar-refractivity contribution in [2.24, 2.45) is 5.92 Å². The van der Waals surface area contributed by atoms with Gasteiger partial charge in [0.05, 0.1) is 11.0 Å². The van der Waals surface area contributed by atoms with Gasteiger partial charge >= 0.3 is 0 Å². The Hall–Kier alpha value is -1.05. The Kier molecular flexibility index (Phi) is 2.69. The maximum absolute atomic E-state index is 4.15. The summed E-state index contributed by atoms with van der Waals surface area (Å²) in [6.07, 6.45) is 4.28. The predicted molar refractivity (Wildman–Crippen MR) is 52.0 cm³/mol.